The van der Waals surface area contributed by atoms with Crippen LogP contribution in [0, 0.1) is 5.41 Å². The molecule has 1 N–H and O–H groups in total. The number of nitrogens with zero attached hydrogens (tertiary/aromatic N) is 2. The number of aromatic nitrogens is 2. The highest BCUT2D eigenvalue weighted by Gasteiger charge is 2.25. The maximum absolute atomic E-state index is 4.26. The van der Waals surface area contributed by atoms with E-state index in [2.05, 4.69) is 85.8 Å². The lowest BCUT2D eigenvalue weighted by Crippen LogP contribution is -2.32. The molecule has 0 bridgehead atoms. The van der Waals surface area contributed by atoms with Crippen LogP contribution in [0.25, 0.3) is 5.69 Å². The fourth-order valence-corrected chi connectivity index (χ4v) is 2.98. The van der Waals surface area contributed by atoms with E-state index in [-0.39, 0.29) is 5.41 Å². The molecule has 2 aromatic carbocycles. The Morgan fingerprint density at radius 3 is 2.25 bits per heavy atom. The molecule has 0 radical (unpaired) electrons. The molecule has 1 aromatic heterocycles. The van der Waals surface area contributed by atoms with E-state index in [0.29, 0.717) is 6.04 Å². The Morgan fingerprint density at radius 1 is 0.958 bits per heavy atom. The zero-order valence-corrected chi connectivity index (χ0v) is 14.6. The highest BCUT2D eigenvalue weighted by atomic mass is 15.3. The summed E-state index contributed by atoms with van der Waals surface area (Å²) in [5.74, 6) is 0. The van der Waals surface area contributed by atoms with Gasteiger partial charge in [-0.3, -0.25) is 0 Å². The van der Waals surface area contributed by atoms with Gasteiger partial charge in [0.25, 0.3) is 0 Å². The van der Waals surface area contributed by atoms with E-state index >= 15 is 0 Å². The lowest BCUT2D eigenvalue weighted by molar-refractivity contribution is 0.271. The van der Waals surface area contributed by atoms with Crippen molar-refractivity contribution in [1.82, 2.24) is 15.1 Å². The summed E-state index contributed by atoms with van der Waals surface area (Å²) in [6.07, 6.45) is 3.75. The fraction of sp³-hybridized carbons (Fsp3) is 0.286. The molecule has 3 heteroatoms. The summed E-state index contributed by atoms with van der Waals surface area (Å²) < 4.78 is 1.87. The van der Waals surface area contributed by atoms with Crippen molar-refractivity contribution in [3.05, 3.63) is 84.2 Å². The van der Waals surface area contributed by atoms with E-state index in [4.69, 9.17) is 0 Å². The number of hydrogen-bond donors (Lipinski definition) is 1. The SMILES string of the molecule is CC(C)(C)[C@@H](NCc1ccc(-n2cccn2)cc1)c1ccccc1. The Balaban J connectivity index is 1.71. The quantitative estimate of drug-likeness (QED) is 0.735. The van der Waals surface area contributed by atoms with E-state index in [0.717, 1.165) is 12.2 Å². The zero-order chi connectivity index (χ0) is 17.0. The van der Waals surface area contributed by atoms with Crippen molar-refractivity contribution in [3.63, 3.8) is 0 Å². The summed E-state index contributed by atoms with van der Waals surface area (Å²) in [4.78, 5) is 0. The molecule has 0 aliphatic carbocycles. The van der Waals surface area contributed by atoms with Crippen LogP contribution in [0.1, 0.15) is 37.9 Å². The van der Waals surface area contributed by atoms with Crippen molar-refractivity contribution in [3.8, 4) is 5.69 Å². The van der Waals surface area contributed by atoms with Gasteiger partial charge in [-0.2, -0.15) is 5.10 Å². The monoisotopic (exact) mass is 319 g/mol. The van der Waals surface area contributed by atoms with Gasteiger partial charge in [0.05, 0.1) is 5.69 Å². The maximum Gasteiger partial charge on any atom is 0.0645 e. The van der Waals surface area contributed by atoms with Gasteiger partial charge in [0.2, 0.25) is 0 Å². The molecule has 3 rings (SSSR count). The van der Waals surface area contributed by atoms with Crippen molar-refractivity contribution in [2.24, 2.45) is 5.41 Å². The van der Waals surface area contributed by atoms with E-state index in [1.165, 1.54) is 11.1 Å². The standard InChI is InChI=1S/C21H25N3/c1-21(2,3)20(18-8-5-4-6-9-18)22-16-17-10-12-19(13-11-17)24-15-7-14-23-24/h4-15,20,22H,16H2,1-3H3/t20-/m0/s1. The molecule has 1 atom stereocenters. The van der Waals surface area contributed by atoms with Crippen LogP contribution in [0.3, 0.4) is 0 Å². The predicted octanol–water partition coefficient (Wildman–Crippen LogP) is 4.75. The molecule has 24 heavy (non-hydrogen) atoms. The molecule has 0 saturated heterocycles. The minimum Gasteiger partial charge on any atom is -0.305 e. The van der Waals surface area contributed by atoms with Gasteiger partial charge in [-0.1, -0.05) is 63.2 Å². The molecule has 0 aliphatic heterocycles. The van der Waals surface area contributed by atoms with Crippen molar-refractivity contribution in [2.75, 3.05) is 0 Å². The van der Waals surface area contributed by atoms with Gasteiger partial charge in [0, 0.05) is 25.0 Å². The Morgan fingerprint density at radius 2 is 1.67 bits per heavy atom. The number of benzene rings is 2. The van der Waals surface area contributed by atoms with E-state index in [1.807, 2.05) is 16.9 Å². The lowest BCUT2D eigenvalue weighted by Gasteiger charge is -2.32. The van der Waals surface area contributed by atoms with Crippen LogP contribution in [-0.2, 0) is 6.54 Å². The first-order valence-electron chi connectivity index (χ1n) is 8.41. The largest absolute Gasteiger partial charge is 0.305 e. The van der Waals surface area contributed by atoms with Gasteiger partial charge in [-0.05, 0) is 34.7 Å². The van der Waals surface area contributed by atoms with Crippen LogP contribution >= 0.6 is 0 Å². The topological polar surface area (TPSA) is 29.9 Å². The van der Waals surface area contributed by atoms with Crippen molar-refractivity contribution < 1.29 is 0 Å². The van der Waals surface area contributed by atoms with Crippen LogP contribution in [0.4, 0.5) is 0 Å². The summed E-state index contributed by atoms with van der Waals surface area (Å²) in [5.41, 5.74) is 3.84. The second kappa shape index (κ2) is 7.02. The Labute approximate surface area is 144 Å². The first-order chi connectivity index (χ1) is 11.5. The van der Waals surface area contributed by atoms with Gasteiger partial charge >= 0.3 is 0 Å². The number of hydrogen-bond acceptors (Lipinski definition) is 2. The van der Waals surface area contributed by atoms with Crippen molar-refractivity contribution in [1.29, 1.82) is 0 Å². The zero-order valence-electron chi connectivity index (χ0n) is 14.6. The van der Waals surface area contributed by atoms with E-state index in [9.17, 15) is 0 Å². The average Bonchev–Trinajstić information content (AvgIpc) is 3.10. The minimum absolute atomic E-state index is 0.149. The van der Waals surface area contributed by atoms with Gasteiger partial charge in [0.15, 0.2) is 0 Å². The molecule has 0 amide bonds. The number of nitrogens with one attached hydrogen (secondary N) is 1. The van der Waals surface area contributed by atoms with E-state index < -0.39 is 0 Å². The molecule has 3 nitrogen and oxygen atoms in total. The molecule has 0 unspecified atom stereocenters. The molecule has 0 fully saturated rings. The molecule has 0 spiro atoms. The maximum atomic E-state index is 4.26. The third kappa shape index (κ3) is 3.92. The Kier molecular flexibility index (Phi) is 4.81. The van der Waals surface area contributed by atoms with Gasteiger partial charge in [-0.15, -0.1) is 0 Å². The summed E-state index contributed by atoms with van der Waals surface area (Å²) in [5, 5.41) is 7.99. The lowest BCUT2D eigenvalue weighted by atomic mass is 9.82. The van der Waals surface area contributed by atoms with Crippen LogP contribution in [0.5, 0.6) is 0 Å². The fourth-order valence-electron chi connectivity index (χ4n) is 2.98. The molecule has 0 saturated carbocycles. The molecule has 124 valence electrons. The van der Waals surface area contributed by atoms with E-state index in [1.54, 1.807) is 6.20 Å². The summed E-state index contributed by atoms with van der Waals surface area (Å²) in [6.45, 7) is 7.67. The first-order valence-corrected chi connectivity index (χ1v) is 8.41. The smallest absolute Gasteiger partial charge is 0.0645 e. The molecular formula is C21H25N3. The number of rotatable bonds is 5. The van der Waals surface area contributed by atoms with Crippen molar-refractivity contribution in [2.45, 2.75) is 33.4 Å². The highest BCUT2D eigenvalue weighted by molar-refractivity contribution is 5.34. The normalized spacial score (nSPS) is 13.0. The summed E-state index contributed by atoms with van der Waals surface area (Å²) in [7, 11) is 0. The van der Waals surface area contributed by atoms with Crippen LogP contribution in [0.2, 0.25) is 0 Å². The third-order valence-electron chi connectivity index (χ3n) is 4.21. The summed E-state index contributed by atoms with van der Waals surface area (Å²) >= 11 is 0. The predicted molar refractivity (Wildman–Crippen MR) is 99.0 cm³/mol. The molecule has 0 aliphatic rings. The van der Waals surface area contributed by atoms with Gasteiger partial charge in [-0.25, -0.2) is 4.68 Å². The van der Waals surface area contributed by atoms with Crippen LogP contribution < -0.4 is 5.32 Å². The molecule has 1 heterocycles. The van der Waals surface area contributed by atoms with Crippen LogP contribution in [-0.4, -0.2) is 9.78 Å². The van der Waals surface area contributed by atoms with Crippen LogP contribution in [0.15, 0.2) is 73.1 Å². The second-order valence-electron chi connectivity index (χ2n) is 7.21. The molecule has 3 aromatic rings. The first kappa shape index (κ1) is 16.5. The minimum atomic E-state index is 0.149. The second-order valence-corrected chi connectivity index (χ2v) is 7.21. The Bertz CT molecular complexity index is 738. The van der Waals surface area contributed by atoms with Gasteiger partial charge in [0.1, 0.15) is 0 Å². The third-order valence-corrected chi connectivity index (χ3v) is 4.21. The molecular weight excluding hydrogens is 294 g/mol. The summed E-state index contributed by atoms with van der Waals surface area (Å²) in [6, 6.07) is 21.5. The Hall–Kier alpha value is -2.39. The van der Waals surface area contributed by atoms with Crippen molar-refractivity contribution >= 4 is 0 Å². The van der Waals surface area contributed by atoms with Gasteiger partial charge < -0.3 is 5.32 Å². The highest BCUT2D eigenvalue weighted by Crippen LogP contribution is 2.32. The average molecular weight is 319 g/mol.